The van der Waals surface area contributed by atoms with Crippen LogP contribution >= 0.6 is 0 Å². The van der Waals surface area contributed by atoms with Gasteiger partial charge in [0.2, 0.25) is 0 Å². The third-order valence-electron chi connectivity index (χ3n) is 4.69. The molecule has 10 heteroatoms. The molecule has 10 nitrogen and oxygen atoms in total. The third kappa shape index (κ3) is 4.30. The van der Waals surface area contributed by atoms with Gasteiger partial charge in [0, 0.05) is 11.8 Å². The van der Waals surface area contributed by atoms with Crippen LogP contribution in [0.15, 0.2) is 46.1 Å². The van der Waals surface area contributed by atoms with Gasteiger partial charge in [0.1, 0.15) is 31.5 Å². The number of aliphatic hydroxyl groups is 3. The number of nitrogens with zero attached hydrogens (tertiary/aromatic N) is 2. The van der Waals surface area contributed by atoms with Gasteiger partial charge in [0.25, 0.3) is 5.56 Å². The Morgan fingerprint density at radius 3 is 2.48 bits per heavy atom. The number of carbonyl (C=O) groups excluding carboxylic acids is 1. The molecule has 0 bridgehead atoms. The van der Waals surface area contributed by atoms with E-state index in [0.717, 1.165) is 10.1 Å². The molecule has 156 valence electrons. The van der Waals surface area contributed by atoms with E-state index in [9.17, 15) is 29.7 Å². The van der Waals surface area contributed by atoms with Crippen LogP contribution in [0.2, 0.25) is 0 Å². The molecule has 2 aromatic rings. The average molecular weight is 406 g/mol. The fraction of sp³-hybridized carbons (Fsp3) is 0.421. The molecule has 1 saturated heterocycles. The summed E-state index contributed by atoms with van der Waals surface area (Å²) in [5.74, 6) is -0.786. The summed E-state index contributed by atoms with van der Waals surface area (Å²) in [4.78, 5) is 37.3. The first-order valence-corrected chi connectivity index (χ1v) is 8.98. The molecule has 0 spiro atoms. The van der Waals surface area contributed by atoms with Gasteiger partial charge in [-0.05, 0) is 12.5 Å². The van der Waals surface area contributed by atoms with Crippen molar-refractivity contribution in [1.29, 1.82) is 0 Å². The first-order valence-electron chi connectivity index (χ1n) is 8.98. The molecule has 3 rings (SSSR count). The number of rotatable bonds is 6. The first-order chi connectivity index (χ1) is 13.8. The normalized spacial score (nSPS) is 23.9. The van der Waals surface area contributed by atoms with E-state index in [1.54, 1.807) is 24.3 Å². The lowest BCUT2D eigenvalue weighted by atomic mass is 10.1. The lowest BCUT2D eigenvalue weighted by molar-refractivity contribution is -0.145. The van der Waals surface area contributed by atoms with Gasteiger partial charge < -0.3 is 24.8 Å². The predicted molar refractivity (Wildman–Crippen MR) is 98.9 cm³/mol. The summed E-state index contributed by atoms with van der Waals surface area (Å²) in [5, 5.41) is 29.3. The fourth-order valence-corrected chi connectivity index (χ4v) is 3.10. The van der Waals surface area contributed by atoms with Crippen LogP contribution in [0.4, 0.5) is 0 Å². The molecule has 2 heterocycles. The van der Waals surface area contributed by atoms with Crippen molar-refractivity contribution < 1.29 is 29.6 Å². The lowest BCUT2D eigenvalue weighted by Gasteiger charge is -2.19. The monoisotopic (exact) mass is 406 g/mol. The second kappa shape index (κ2) is 8.70. The zero-order chi connectivity index (χ0) is 21.1. The maximum atomic E-state index is 12.8. The molecular weight excluding hydrogens is 384 g/mol. The summed E-state index contributed by atoms with van der Waals surface area (Å²) in [6, 6.07) is 8.92. The Hall–Kier alpha value is -2.79. The van der Waals surface area contributed by atoms with Crippen LogP contribution in [0.3, 0.4) is 0 Å². The Balaban J connectivity index is 1.83. The maximum absolute atomic E-state index is 12.8. The molecule has 1 aliphatic rings. The summed E-state index contributed by atoms with van der Waals surface area (Å²) in [5.41, 5.74) is -0.721. The zero-order valence-corrected chi connectivity index (χ0v) is 15.7. The molecule has 3 N–H and O–H groups in total. The smallest absolute Gasteiger partial charge is 0.333 e. The van der Waals surface area contributed by atoms with Gasteiger partial charge in [-0.3, -0.25) is 14.2 Å². The van der Waals surface area contributed by atoms with Crippen LogP contribution in [0.5, 0.6) is 0 Å². The Bertz CT molecular complexity index is 984. The minimum absolute atomic E-state index is 0.0107. The lowest BCUT2D eigenvalue weighted by Crippen LogP contribution is -2.45. The summed E-state index contributed by atoms with van der Waals surface area (Å²) < 4.78 is 12.1. The van der Waals surface area contributed by atoms with E-state index in [0.29, 0.717) is 4.57 Å². The van der Waals surface area contributed by atoms with Crippen LogP contribution in [0, 0.1) is 6.92 Å². The molecule has 1 fully saturated rings. The number of benzene rings is 1. The van der Waals surface area contributed by atoms with Gasteiger partial charge in [-0.1, -0.05) is 30.3 Å². The number of hydrogen-bond acceptors (Lipinski definition) is 8. The highest BCUT2D eigenvalue weighted by atomic mass is 16.6. The van der Waals surface area contributed by atoms with Crippen molar-refractivity contribution in [2.75, 3.05) is 6.61 Å². The van der Waals surface area contributed by atoms with Gasteiger partial charge in [-0.15, -0.1) is 0 Å². The number of hydrogen-bond donors (Lipinski definition) is 3. The topological polar surface area (TPSA) is 140 Å². The van der Waals surface area contributed by atoms with Gasteiger partial charge >= 0.3 is 11.7 Å². The maximum Gasteiger partial charge on any atom is 0.333 e. The number of aryl methyl sites for hydroxylation is 1. The van der Waals surface area contributed by atoms with Crippen LogP contribution in [-0.2, 0) is 27.4 Å². The van der Waals surface area contributed by atoms with Crippen molar-refractivity contribution in [3.8, 4) is 0 Å². The van der Waals surface area contributed by atoms with E-state index < -0.39 is 54.9 Å². The number of carbonyl (C=O) groups is 1. The van der Waals surface area contributed by atoms with Crippen molar-refractivity contribution in [2.24, 2.45) is 0 Å². The molecule has 4 atom stereocenters. The number of esters is 1. The Morgan fingerprint density at radius 2 is 1.86 bits per heavy atom. The quantitative estimate of drug-likeness (QED) is 0.502. The molecule has 29 heavy (non-hydrogen) atoms. The third-order valence-corrected chi connectivity index (χ3v) is 4.69. The standard InChI is InChI=1S/C19H22N2O8/c1-11-7-21(18-16(25)15(24)13(9-22)29-18)19(27)20(17(11)26)8-14(23)28-10-12-5-3-2-4-6-12/h2-7,13,15-16,18,22,24-25H,8-10H2,1H3/t13-,15-,16-,18?/m1/s1. The molecule has 0 amide bonds. The average Bonchev–Trinajstić information content (AvgIpc) is 3.01. The van der Waals surface area contributed by atoms with E-state index in [1.807, 2.05) is 6.07 Å². The first kappa shape index (κ1) is 20.9. The molecule has 1 unspecified atom stereocenters. The molecular formula is C19H22N2O8. The Morgan fingerprint density at radius 1 is 1.17 bits per heavy atom. The minimum Gasteiger partial charge on any atom is -0.459 e. The molecule has 0 aliphatic carbocycles. The SMILES string of the molecule is Cc1cn(C2O[C@H](CO)[C@@H](O)[C@H]2O)c(=O)n(CC(=O)OCc2ccccc2)c1=O. The summed E-state index contributed by atoms with van der Waals surface area (Å²) in [6.45, 7) is 0.240. The van der Waals surface area contributed by atoms with Crippen LogP contribution in [0.1, 0.15) is 17.4 Å². The molecule has 1 aromatic carbocycles. The van der Waals surface area contributed by atoms with E-state index in [1.165, 1.54) is 13.1 Å². The summed E-state index contributed by atoms with van der Waals surface area (Å²) in [7, 11) is 0. The van der Waals surface area contributed by atoms with E-state index in [2.05, 4.69) is 0 Å². The second-order valence-electron chi connectivity index (χ2n) is 6.77. The van der Waals surface area contributed by atoms with Crippen LogP contribution < -0.4 is 11.2 Å². The van der Waals surface area contributed by atoms with Crippen molar-refractivity contribution in [1.82, 2.24) is 9.13 Å². The molecule has 1 aromatic heterocycles. The van der Waals surface area contributed by atoms with Crippen molar-refractivity contribution >= 4 is 5.97 Å². The number of aliphatic hydroxyl groups excluding tert-OH is 3. The predicted octanol–water partition coefficient (Wildman–Crippen LogP) is -1.33. The number of ether oxygens (including phenoxy) is 2. The van der Waals surface area contributed by atoms with Gasteiger partial charge in [-0.2, -0.15) is 0 Å². The Kier molecular flexibility index (Phi) is 6.28. The van der Waals surface area contributed by atoms with Crippen molar-refractivity contribution in [2.45, 2.75) is 44.6 Å². The molecule has 0 saturated carbocycles. The Labute approximate surface area is 165 Å². The van der Waals surface area contributed by atoms with E-state index >= 15 is 0 Å². The second-order valence-corrected chi connectivity index (χ2v) is 6.77. The zero-order valence-electron chi connectivity index (χ0n) is 15.7. The largest absolute Gasteiger partial charge is 0.459 e. The van der Waals surface area contributed by atoms with Crippen LogP contribution in [-0.4, -0.2) is 55.3 Å². The number of aromatic nitrogens is 2. The van der Waals surface area contributed by atoms with E-state index in [4.69, 9.17) is 9.47 Å². The highest BCUT2D eigenvalue weighted by Crippen LogP contribution is 2.28. The van der Waals surface area contributed by atoms with Gasteiger partial charge in [-0.25, -0.2) is 9.36 Å². The summed E-state index contributed by atoms with van der Waals surface area (Å²) >= 11 is 0. The van der Waals surface area contributed by atoms with Crippen molar-refractivity contribution in [3.05, 3.63) is 68.5 Å². The highest BCUT2D eigenvalue weighted by molar-refractivity contribution is 5.69. The van der Waals surface area contributed by atoms with E-state index in [-0.39, 0.29) is 12.2 Å². The minimum atomic E-state index is -1.50. The van der Waals surface area contributed by atoms with Gasteiger partial charge in [0.05, 0.1) is 6.61 Å². The van der Waals surface area contributed by atoms with Crippen molar-refractivity contribution in [3.63, 3.8) is 0 Å². The summed E-state index contributed by atoms with van der Waals surface area (Å²) in [6.07, 6.45) is -4.13. The fourth-order valence-electron chi connectivity index (χ4n) is 3.10. The highest BCUT2D eigenvalue weighted by Gasteiger charge is 2.44. The van der Waals surface area contributed by atoms with Crippen LogP contribution in [0.25, 0.3) is 0 Å². The molecule has 1 aliphatic heterocycles. The van der Waals surface area contributed by atoms with Gasteiger partial charge in [0.15, 0.2) is 6.23 Å². The molecule has 0 radical (unpaired) electrons.